The van der Waals surface area contributed by atoms with E-state index in [-0.39, 0.29) is 14.7 Å². The molecular formula is C21H29F5O. The van der Waals surface area contributed by atoms with Crippen molar-refractivity contribution in [2.45, 2.75) is 64.0 Å². The third-order valence-corrected chi connectivity index (χ3v) is 6.25. The minimum absolute atomic E-state index is 0. The Bertz CT molecular complexity index is 665. The predicted molar refractivity (Wildman–Crippen MR) is 97.6 cm³/mol. The van der Waals surface area contributed by atoms with Gasteiger partial charge in [-0.2, -0.15) is 8.78 Å². The van der Waals surface area contributed by atoms with Crippen LogP contribution >= 0.6 is 0 Å². The fraction of sp³-hybridized carbons (Fsp3) is 0.619. The summed E-state index contributed by atoms with van der Waals surface area (Å²) in [6.45, 7) is 2.25. The molecule has 0 heterocycles. The summed E-state index contributed by atoms with van der Waals surface area (Å²) < 4.78 is 71.5. The van der Waals surface area contributed by atoms with Crippen molar-refractivity contribution in [2.75, 3.05) is 0 Å². The molecule has 3 rings (SSSR count). The second kappa shape index (κ2) is 8.61. The van der Waals surface area contributed by atoms with Gasteiger partial charge >= 0.3 is 6.08 Å². The summed E-state index contributed by atoms with van der Waals surface area (Å²) in [6, 6.07) is 2.00. The first-order valence-corrected chi connectivity index (χ1v) is 9.66. The number of alkyl halides is 1. The Labute approximate surface area is 159 Å². The van der Waals surface area contributed by atoms with E-state index in [2.05, 4.69) is 11.7 Å². The average Bonchev–Trinajstić information content (AvgIpc) is 2.61. The SMILES string of the molecule is CC1CCC(C2CC[C@@H](c3cc(F)c(OC=C(F)F)c(F)c3)C(F)C2)CC1.[HH].[HH]. The van der Waals surface area contributed by atoms with Crippen LogP contribution in [0.3, 0.4) is 0 Å². The molecule has 6 heteroatoms. The van der Waals surface area contributed by atoms with Gasteiger partial charge in [0.2, 0.25) is 0 Å². The van der Waals surface area contributed by atoms with Crippen LogP contribution in [0.5, 0.6) is 5.75 Å². The first-order valence-electron chi connectivity index (χ1n) is 9.66. The van der Waals surface area contributed by atoms with Gasteiger partial charge in [0.25, 0.3) is 0 Å². The summed E-state index contributed by atoms with van der Waals surface area (Å²) in [6.07, 6.45) is 3.08. The molecule has 2 unspecified atom stereocenters. The zero-order chi connectivity index (χ0) is 19.6. The van der Waals surface area contributed by atoms with E-state index in [1.807, 2.05) is 0 Å². The normalized spacial score (nSPS) is 31.4. The molecule has 0 amide bonds. The quantitative estimate of drug-likeness (QED) is 0.378. The van der Waals surface area contributed by atoms with E-state index < -0.39 is 35.6 Å². The van der Waals surface area contributed by atoms with Crippen molar-refractivity contribution in [2.24, 2.45) is 17.8 Å². The van der Waals surface area contributed by atoms with Gasteiger partial charge in [-0.05, 0) is 67.6 Å². The van der Waals surface area contributed by atoms with Crippen LogP contribution in [-0.4, -0.2) is 6.17 Å². The first-order chi connectivity index (χ1) is 12.8. The lowest BCUT2D eigenvalue weighted by Crippen LogP contribution is -2.31. The zero-order valence-corrected chi connectivity index (χ0v) is 15.4. The van der Waals surface area contributed by atoms with E-state index >= 15 is 0 Å². The van der Waals surface area contributed by atoms with Gasteiger partial charge in [0.1, 0.15) is 6.17 Å². The highest BCUT2D eigenvalue weighted by Gasteiger charge is 2.36. The first kappa shape index (κ1) is 20.2. The Balaban J connectivity index is 0.00000210. The molecule has 1 nitrogen and oxygen atoms in total. The molecule has 0 N–H and O–H groups in total. The second-order valence-electron chi connectivity index (χ2n) is 8.05. The highest BCUT2D eigenvalue weighted by Crippen LogP contribution is 2.45. The van der Waals surface area contributed by atoms with Crippen molar-refractivity contribution in [3.63, 3.8) is 0 Å². The van der Waals surface area contributed by atoms with Gasteiger partial charge in [-0.25, -0.2) is 13.2 Å². The maximum Gasteiger partial charge on any atom is 0.305 e. The molecule has 0 bridgehead atoms. The number of hydrogen-bond donors (Lipinski definition) is 0. The number of hydrogen-bond acceptors (Lipinski definition) is 1. The molecular weight excluding hydrogens is 363 g/mol. The molecule has 3 atom stereocenters. The van der Waals surface area contributed by atoms with Crippen LogP contribution in [0, 0.1) is 29.4 Å². The van der Waals surface area contributed by atoms with Gasteiger partial charge < -0.3 is 4.74 Å². The molecule has 0 aromatic heterocycles. The van der Waals surface area contributed by atoms with Gasteiger partial charge in [-0.1, -0.05) is 19.8 Å². The van der Waals surface area contributed by atoms with Crippen LogP contribution < -0.4 is 4.74 Å². The Kier molecular flexibility index (Phi) is 6.43. The van der Waals surface area contributed by atoms with Crippen LogP contribution in [0.15, 0.2) is 24.5 Å². The molecule has 1 aromatic carbocycles. The molecule has 2 aliphatic rings. The molecule has 2 fully saturated rings. The Morgan fingerprint density at radius 3 is 2.15 bits per heavy atom. The van der Waals surface area contributed by atoms with E-state index in [0.29, 0.717) is 24.7 Å². The van der Waals surface area contributed by atoms with Gasteiger partial charge in [0.15, 0.2) is 23.6 Å². The summed E-state index contributed by atoms with van der Waals surface area (Å²) in [5, 5.41) is 0. The van der Waals surface area contributed by atoms with Gasteiger partial charge in [0, 0.05) is 8.77 Å². The van der Waals surface area contributed by atoms with Crippen molar-refractivity contribution in [3.05, 3.63) is 41.7 Å². The molecule has 0 radical (unpaired) electrons. The average molecular weight is 392 g/mol. The Morgan fingerprint density at radius 1 is 1.00 bits per heavy atom. The third-order valence-electron chi connectivity index (χ3n) is 6.25. The number of rotatable bonds is 4. The summed E-state index contributed by atoms with van der Waals surface area (Å²) >= 11 is 0. The van der Waals surface area contributed by atoms with E-state index in [4.69, 9.17) is 0 Å². The zero-order valence-electron chi connectivity index (χ0n) is 15.4. The van der Waals surface area contributed by atoms with Crippen molar-refractivity contribution in [3.8, 4) is 5.75 Å². The van der Waals surface area contributed by atoms with E-state index in [1.54, 1.807) is 0 Å². The fourth-order valence-corrected chi connectivity index (χ4v) is 4.72. The highest BCUT2D eigenvalue weighted by molar-refractivity contribution is 5.34. The van der Waals surface area contributed by atoms with E-state index in [0.717, 1.165) is 37.3 Å². The van der Waals surface area contributed by atoms with Crippen LogP contribution in [0.2, 0.25) is 0 Å². The topological polar surface area (TPSA) is 9.23 Å². The lowest BCUT2D eigenvalue weighted by molar-refractivity contribution is 0.105. The largest absolute Gasteiger partial charge is 0.453 e. The third kappa shape index (κ3) is 4.82. The van der Waals surface area contributed by atoms with Gasteiger partial charge in [0.05, 0.1) is 0 Å². The Morgan fingerprint density at radius 2 is 1.59 bits per heavy atom. The molecule has 2 aliphatic carbocycles. The monoisotopic (exact) mass is 392 g/mol. The smallest absolute Gasteiger partial charge is 0.305 e. The number of halogens is 5. The minimum Gasteiger partial charge on any atom is -0.453 e. The van der Waals surface area contributed by atoms with Gasteiger partial charge in [-0.15, -0.1) is 0 Å². The lowest BCUT2D eigenvalue weighted by atomic mass is 9.68. The summed E-state index contributed by atoms with van der Waals surface area (Å²) in [5.74, 6) is -2.05. The van der Waals surface area contributed by atoms with Crippen molar-refractivity contribution >= 4 is 0 Å². The maximum atomic E-state index is 14.8. The molecule has 0 aliphatic heterocycles. The second-order valence-corrected chi connectivity index (χ2v) is 8.05. The maximum absolute atomic E-state index is 14.8. The summed E-state index contributed by atoms with van der Waals surface area (Å²) in [4.78, 5) is 0. The predicted octanol–water partition coefficient (Wildman–Crippen LogP) is 7.62. The van der Waals surface area contributed by atoms with Crippen molar-refractivity contribution in [1.82, 2.24) is 0 Å². The summed E-state index contributed by atoms with van der Waals surface area (Å²) in [7, 11) is 0. The lowest BCUT2D eigenvalue weighted by Gasteiger charge is -2.39. The molecule has 0 saturated heterocycles. The van der Waals surface area contributed by atoms with Gasteiger partial charge in [-0.3, -0.25) is 0 Å². The fourth-order valence-electron chi connectivity index (χ4n) is 4.72. The molecule has 0 spiro atoms. The molecule has 1 aromatic rings. The molecule has 2 saturated carbocycles. The number of benzene rings is 1. The highest BCUT2D eigenvalue weighted by atomic mass is 19.3. The van der Waals surface area contributed by atoms with Crippen LogP contribution in [-0.2, 0) is 0 Å². The molecule has 154 valence electrons. The van der Waals surface area contributed by atoms with E-state index in [1.165, 1.54) is 12.8 Å². The van der Waals surface area contributed by atoms with Crippen LogP contribution in [0.1, 0.15) is 66.2 Å². The summed E-state index contributed by atoms with van der Waals surface area (Å²) in [5.41, 5.74) is 0.227. The Hall–Kier alpha value is -1.59. The van der Waals surface area contributed by atoms with Crippen molar-refractivity contribution < 1.29 is 29.5 Å². The van der Waals surface area contributed by atoms with Crippen LogP contribution in [0.4, 0.5) is 22.0 Å². The van der Waals surface area contributed by atoms with Crippen molar-refractivity contribution in [1.29, 1.82) is 0 Å². The van der Waals surface area contributed by atoms with E-state index in [9.17, 15) is 22.0 Å². The number of ether oxygens (including phenoxy) is 1. The standard InChI is InChI=1S/C21H25F5O.2H2/c1-12-2-4-13(5-3-12)14-6-7-16(17(22)8-14)15-9-18(23)21(19(24)10-15)27-11-20(25)26;;/h9-14,16-17H,2-8H2,1H3;2*1H/t12?,13?,14?,16-,17?;;/m0../s1. The molecule has 27 heavy (non-hydrogen) atoms. The van der Waals surface area contributed by atoms with Crippen LogP contribution in [0.25, 0.3) is 0 Å². The minimum atomic E-state index is -2.20.